The molecule has 0 spiro atoms. The minimum absolute atomic E-state index is 0. The van der Waals surface area contributed by atoms with E-state index in [1.54, 1.807) is 13.0 Å². The van der Waals surface area contributed by atoms with Crippen LogP contribution in [0.1, 0.15) is 30.0 Å². The predicted octanol–water partition coefficient (Wildman–Crippen LogP) is 3.70. The molecule has 1 aromatic heterocycles. The molecule has 7 nitrogen and oxygen atoms in total. The second-order valence-corrected chi connectivity index (χ2v) is 7.45. The number of aliphatic hydroxyl groups excluding tert-OH is 1. The van der Waals surface area contributed by atoms with E-state index >= 15 is 0 Å². The van der Waals surface area contributed by atoms with Crippen molar-refractivity contribution in [1.82, 2.24) is 9.78 Å². The van der Waals surface area contributed by atoms with Crippen molar-refractivity contribution in [3.8, 4) is 5.75 Å². The summed E-state index contributed by atoms with van der Waals surface area (Å²) in [7, 11) is 0. The maximum atomic E-state index is 12.3. The molecule has 4 rings (SSSR count). The van der Waals surface area contributed by atoms with Crippen molar-refractivity contribution < 1.29 is 36.4 Å². The van der Waals surface area contributed by atoms with E-state index in [0.717, 1.165) is 17.4 Å². The van der Waals surface area contributed by atoms with Crippen LogP contribution in [0.4, 0.5) is 5.69 Å². The third-order valence-corrected chi connectivity index (χ3v) is 4.87. The zero-order chi connectivity index (χ0) is 24.2. The number of esters is 1. The molecule has 2 N–H and O–H groups in total. The number of aromatic nitrogens is 2. The molecule has 0 amide bonds. The first-order valence-corrected chi connectivity index (χ1v) is 11.4. The summed E-state index contributed by atoms with van der Waals surface area (Å²) in [6, 6.07) is 9.22. The van der Waals surface area contributed by atoms with Gasteiger partial charge in [0.05, 0.1) is 31.6 Å². The van der Waals surface area contributed by atoms with Gasteiger partial charge < -0.3 is 19.9 Å². The Balaban J connectivity index is 0.000000640. The van der Waals surface area contributed by atoms with Gasteiger partial charge in [0.25, 0.3) is 0 Å². The third-order valence-electron chi connectivity index (χ3n) is 4.87. The topological polar surface area (TPSA) is 85.6 Å². The predicted molar refractivity (Wildman–Crippen MR) is 131 cm³/mol. The van der Waals surface area contributed by atoms with Gasteiger partial charge in [-0.25, -0.2) is 4.79 Å². The Bertz CT molecular complexity index is 854. The molecule has 184 valence electrons. The van der Waals surface area contributed by atoms with Crippen LogP contribution in [-0.2, 0) is 28.4 Å². The van der Waals surface area contributed by atoms with Crippen molar-refractivity contribution in [2.45, 2.75) is 26.5 Å². The number of nitrogens with zero attached hydrogens (tertiary/aromatic N) is 2. The summed E-state index contributed by atoms with van der Waals surface area (Å²) in [6.07, 6.45) is 16.9. The second-order valence-electron chi connectivity index (χ2n) is 7.45. The molecule has 10 radical (unpaired) electrons. The maximum absolute atomic E-state index is 12.3. The SMILES string of the molecule is CCOC(=O)c1cc([C]2[CH][CH][CH][CH]2)nn1C[C@@H](O)CNc1ccc(OCC)cc1.[CH]1[CH][CH][CH][CH]1.[Fe+2]. The van der Waals surface area contributed by atoms with Gasteiger partial charge in [-0.3, -0.25) is 4.68 Å². The summed E-state index contributed by atoms with van der Waals surface area (Å²) >= 11 is 0. The Labute approximate surface area is 220 Å². The van der Waals surface area contributed by atoms with Crippen LogP contribution in [-0.4, -0.2) is 46.7 Å². The number of benzene rings is 1. The number of rotatable bonds is 10. The summed E-state index contributed by atoms with van der Waals surface area (Å²) in [5.74, 6) is 1.26. The first-order chi connectivity index (χ1) is 16.6. The monoisotopic (exact) mass is 517 g/mol. The van der Waals surface area contributed by atoms with E-state index in [-0.39, 0.29) is 30.2 Å². The van der Waals surface area contributed by atoms with E-state index in [1.807, 2.05) is 89.0 Å². The second kappa shape index (κ2) is 15.9. The number of hydrogen-bond acceptors (Lipinski definition) is 6. The van der Waals surface area contributed by atoms with Crippen molar-refractivity contribution in [2.24, 2.45) is 0 Å². The average Bonchev–Trinajstić information content (AvgIpc) is 3.63. The summed E-state index contributed by atoms with van der Waals surface area (Å²) in [5, 5.41) is 18.2. The normalized spacial score (nSPS) is 16.1. The molecule has 2 aliphatic rings. The molecule has 2 aromatic rings. The van der Waals surface area contributed by atoms with Gasteiger partial charge in [-0.05, 0) is 102 Å². The van der Waals surface area contributed by atoms with E-state index in [0.29, 0.717) is 24.5 Å². The molecule has 0 unspecified atom stereocenters. The van der Waals surface area contributed by atoms with Gasteiger partial charge in [0, 0.05) is 18.2 Å². The van der Waals surface area contributed by atoms with E-state index in [2.05, 4.69) is 10.4 Å². The smallest absolute Gasteiger partial charge is 0.494 e. The first kappa shape index (κ1) is 29.2. The molecule has 0 bridgehead atoms. The fourth-order valence-corrected chi connectivity index (χ4v) is 3.27. The number of carbonyl (C=O) groups excluding carboxylic acids is 1. The van der Waals surface area contributed by atoms with Crippen molar-refractivity contribution in [3.05, 3.63) is 105 Å². The zero-order valence-electron chi connectivity index (χ0n) is 19.9. The molecule has 1 aromatic carbocycles. The maximum Gasteiger partial charge on any atom is 2.00 e. The summed E-state index contributed by atoms with van der Waals surface area (Å²) in [6.45, 7) is 5.06. The fraction of sp³-hybridized carbons (Fsp3) is 0.259. The molecule has 8 heteroatoms. The van der Waals surface area contributed by atoms with Gasteiger partial charge >= 0.3 is 23.0 Å². The van der Waals surface area contributed by atoms with Crippen molar-refractivity contribution >= 4 is 11.7 Å². The number of ether oxygens (including phenoxy) is 2. The van der Waals surface area contributed by atoms with Gasteiger partial charge in [0.2, 0.25) is 0 Å². The largest absolute Gasteiger partial charge is 2.00 e. The van der Waals surface area contributed by atoms with E-state index in [9.17, 15) is 9.90 Å². The van der Waals surface area contributed by atoms with Crippen LogP contribution >= 0.6 is 0 Å². The number of carbonyl (C=O) groups is 1. The van der Waals surface area contributed by atoms with E-state index in [1.165, 1.54) is 4.68 Å². The fourth-order valence-electron chi connectivity index (χ4n) is 3.27. The Morgan fingerprint density at radius 2 is 1.63 bits per heavy atom. The van der Waals surface area contributed by atoms with Gasteiger partial charge in [-0.15, -0.1) is 0 Å². The molecular formula is C27H31FeN3O4+2. The minimum Gasteiger partial charge on any atom is -0.494 e. The standard InChI is InChI=1S/C22H26N3O4.C5H5.Fe/c1-3-28-19-11-9-17(10-12-19)23-14-18(26)15-25-21(22(27)29-4-2)13-20(24-25)16-7-5-6-8-16;1-2-4-5-3-1;/h5-13,18,23,26H,3-4,14-15H2,1-2H3;1-5H;/q;;+2/t18-;;/m0../s1. The summed E-state index contributed by atoms with van der Waals surface area (Å²) in [5.41, 5.74) is 1.86. The number of nitrogens with one attached hydrogen (secondary N) is 1. The minimum atomic E-state index is -0.748. The van der Waals surface area contributed by atoms with Crippen LogP contribution in [0.2, 0.25) is 0 Å². The Hall–Kier alpha value is -2.02. The zero-order valence-corrected chi connectivity index (χ0v) is 21.0. The molecule has 1 atom stereocenters. The van der Waals surface area contributed by atoms with E-state index < -0.39 is 12.1 Å². The number of hydrogen-bond donors (Lipinski definition) is 2. The van der Waals surface area contributed by atoms with Crippen LogP contribution in [0.25, 0.3) is 0 Å². The van der Waals surface area contributed by atoms with Crippen LogP contribution < -0.4 is 10.1 Å². The third kappa shape index (κ3) is 9.51. The average molecular weight is 517 g/mol. The summed E-state index contributed by atoms with van der Waals surface area (Å²) < 4.78 is 12.1. The van der Waals surface area contributed by atoms with Gasteiger partial charge in [0.1, 0.15) is 11.4 Å². The molecular weight excluding hydrogens is 486 g/mol. The molecule has 2 fully saturated rings. The van der Waals surface area contributed by atoms with Crippen molar-refractivity contribution in [3.63, 3.8) is 0 Å². The molecule has 0 saturated heterocycles. The Morgan fingerprint density at radius 3 is 2.20 bits per heavy atom. The van der Waals surface area contributed by atoms with Gasteiger partial charge in [-0.2, -0.15) is 5.10 Å². The molecule has 0 aliphatic heterocycles. The molecule has 35 heavy (non-hydrogen) atoms. The summed E-state index contributed by atoms with van der Waals surface area (Å²) in [4.78, 5) is 12.3. The Morgan fingerprint density at radius 1 is 1.00 bits per heavy atom. The quantitative estimate of drug-likeness (QED) is 0.370. The van der Waals surface area contributed by atoms with Crippen LogP contribution in [0.3, 0.4) is 0 Å². The number of anilines is 1. The Kier molecular flexibility index (Phi) is 13.2. The molecule has 2 saturated carbocycles. The first-order valence-electron chi connectivity index (χ1n) is 11.4. The van der Waals surface area contributed by atoms with Gasteiger partial charge in [-0.1, -0.05) is 0 Å². The molecule has 2 aliphatic carbocycles. The van der Waals surface area contributed by atoms with Gasteiger partial charge in [0.15, 0.2) is 0 Å². The molecule has 1 heterocycles. The van der Waals surface area contributed by atoms with Crippen molar-refractivity contribution in [1.29, 1.82) is 0 Å². The van der Waals surface area contributed by atoms with Crippen LogP contribution in [0.5, 0.6) is 5.75 Å². The van der Waals surface area contributed by atoms with Crippen molar-refractivity contribution in [2.75, 3.05) is 25.1 Å². The van der Waals surface area contributed by atoms with Crippen LogP contribution in [0.15, 0.2) is 30.3 Å². The van der Waals surface area contributed by atoms with Crippen LogP contribution in [0, 0.1) is 63.7 Å². The van der Waals surface area contributed by atoms with E-state index in [4.69, 9.17) is 9.47 Å². The number of aliphatic hydroxyl groups is 1.